The Morgan fingerprint density at radius 3 is 2.28 bits per heavy atom. The number of methoxy groups -OCH3 is 1. The fourth-order valence-electron chi connectivity index (χ4n) is 3.37. The highest BCUT2D eigenvalue weighted by molar-refractivity contribution is 5.92. The summed E-state index contributed by atoms with van der Waals surface area (Å²) in [5.41, 5.74) is 1.55. The van der Waals surface area contributed by atoms with Crippen LogP contribution in [0.15, 0.2) is 24.3 Å². The highest BCUT2D eigenvalue weighted by atomic mass is 16.5. The molecule has 6 heteroatoms. The number of nitrogens with zero attached hydrogens (tertiary/aromatic N) is 1. The fourth-order valence-corrected chi connectivity index (χ4v) is 3.37. The molecule has 1 heterocycles. The van der Waals surface area contributed by atoms with Gasteiger partial charge in [0, 0.05) is 30.6 Å². The molecule has 0 spiro atoms. The lowest BCUT2D eigenvalue weighted by atomic mass is 9.96. The predicted molar refractivity (Wildman–Crippen MR) is 99.7 cm³/mol. The maximum Gasteiger partial charge on any atom is 0.250 e. The van der Waals surface area contributed by atoms with E-state index in [1.165, 1.54) is 13.5 Å². The van der Waals surface area contributed by atoms with Gasteiger partial charge < -0.3 is 20.3 Å². The minimum absolute atomic E-state index is 0.0255. The number of nitrogens with one attached hydrogen (secondary N) is 2. The molecule has 2 amide bonds. The van der Waals surface area contributed by atoms with Crippen LogP contribution < -0.4 is 10.6 Å². The minimum atomic E-state index is -0.295. The first kappa shape index (κ1) is 19.2. The molecule has 1 aromatic carbocycles. The van der Waals surface area contributed by atoms with Crippen molar-refractivity contribution in [1.29, 1.82) is 0 Å². The molecule has 0 unspecified atom stereocenters. The van der Waals surface area contributed by atoms with Crippen LogP contribution in [-0.4, -0.2) is 48.6 Å². The Hall–Kier alpha value is -2.08. The molecular formula is C19H29N3O3. The van der Waals surface area contributed by atoms with Crippen molar-refractivity contribution in [2.24, 2.45) is 0 Å². The molecule has 0 aliphatic carbocycles. The largest absolute Gasteiger partial charge is 0.375 e. The minimum Gasteiger partial charge on any atom is -0.375 e. The lowest BCUT2D eigenvalue weighted by Gasteiger charge is -2.40. The summed E-state index contributed by atoms with van der Waals surface area (Å²) < 4.78 is 4.79. The Labute approximate surface area is 149 Å². The lowest BCUT2D eigenvalue weighted by molar-refractivity contribution is -0.137. The second kappa shape index (κ2) is 8.85. The number of ether oxygens (including phenoxy) is 1. The van der Waals surface area contributed by atoms with Gasteiger partial charge >= 0.3 is 0 Å². The van der Waals surface area contributed by atoms with Crippen LogP contribution in [0.5, 0.6) is 0 Å². The van der Waals surface area contributed by atoms with Crippen LogP contribution in [-0.2, 0) is 14.3 Å². The number of rotatable bonds is 6. The summed E-state index contributed by atoms with van der Waals surface area (Å²) in [5.74, 6) is -0.0583. The Morgan fingerprint density at radius 2 is 1.72 bits per heavy atom. The van der Waals surface area contributed by atoms with Crippen LogP contribution in [0.2, 0.25) is 0 Å². The maximum atomic E-state index is 12.8. The first-order valence-corrected chi connectivity index (χ1v) is 8.90. The first-order chi connectivity index (χ1) is 11.9. The van der Waals surface area contributed by atoms with Crippen LogP contribution in [0.1, 0.15) is 40.0 Å². The third-order valence-corrected chi connectivity index (χ3v) is 4.65. The van der Waals surface area contributed by atoms with Crippen molar-refractivity contribution in [1.82, 2.24) is 4.90 Å². The average Bonchev–Trinajstić information content (AvgIpc) is 2.56. The topological polar surface area (TPSA) is 70.7 Å². The number of hydrogen-bond donors (Lipinski definition) is 2. The molecule has 1 aliphatic heterocycles. The monoisotopic (exact) mass is 347 g/mol. The van der Waals surface area contributed by atoms with Gasteiger partial charge in [0.15, 0.2) is 0 Å². The zero-order chi connectivity index (χ0) is 18.4. The molecular weight excluding hydrogens is 318 g/mol. The number of hydrogen-bond acceptors (Lipinski definition) is 4. The van der Waals surface area contributed by atoms with E-state index in [1.54, 1.807) is 12.1 Å². The number of amides is 2. The van der Waals surface area contributed by atoms with Gasteiger partial charge in [-0.25, -0.2) is 0 Å². The van der Waals surface area contributed by atoms with Crippen LogP contribution in [0.3, 0.4) is 0 Å². The Morgan fingerprint density at radius 1 is 1.16 bits per heavy atom. The molecule has 1 saturated heterocycles. The molecule has 1 aromatic rings. The van der Waals surface area contributed by atoms with Crippen molar-refractivity contribution in [2.45, 2.75) is 58.2 Å². The Kier molecular flexibility index (Phi) is 6.82. The van der Waals surface area contributed by atoms with Gasteiger partial charge in [0.05, 0.1) is 0 Å². The zero-order valence-corrected chi connectivity index (χ0v) is 15.5. The molecule has 1 fully saturated rings. The molecule has 3 atom stereocenters. The van der Waals surface area contributed by atoms with E-state index in [1.807, 2.05) is 24.0 Å². The molecule has 0 bridgehead atoms. The third kappa shape index (κ3) is 5.19. The quantitative estimate of drug-likeness (QED) is 0.830. The molecule has 25 heavy (non-hydrogen) atoms. The molecule has 0 aromatic heterocycles. The second-order valence-corrected chi connectivity index (χ2v) is 6.80. The third-order valence-electron chi connectivity index (χ3n) is 4.65. The van der Waals surface area contributed by atoms with Gasteiger partial charge in [-0.15, -0.1) is 0 Å². The molecule has 138 valence electrons. The highest BCUT2D eigenvalue weighted by Crippen LogP contribution is 2.24. The van der Waals surface area contributed by atoms with Crippen LogP contribution in [0.4, 0.5) is 11.4 Å². The van der Waals surface area contributed by atoms with Crippen molar-refractivity contribution >= 4 is 23.2 Å². The van der Waals surface area contributed by atoms with Crippen molar-refractivity contribution in [3.63, 3.8) is 0 Å². The summed E-state index contributed by atoms with van der Waals surface area (Å²) >= 11 is 0. The summed E-state index contributed by atoms with van der Waals surface area (Å²) in [6.07, 6.45) is 3.32. The summed E-state index contributed by atoms with van der Waals surface area (Å²) in [7, 11) is 1.48. The number of likely N-dealkylation sites (tertiary alicyclic amines) is 1. The van der Waals surface area contributed by atoms with E-state index >= 15 is 0 Å². The molecule has 2 N–H and O–H groups in total. The standard InChI is InChI=1S/C19H29N3O3/c1-13-6-5-7-14(2)22(13)19(24)15(3)20-16-8-10-17(11-9-16)21-18(23)12-25-4/h8-11,13-15,20H,5-7,12H2,1-4H3,(H,21,23)/t13-,14+,15-/m1/s1. The highest BCUT2D eigenvalue weighted by Gasteiger charge is 2.31. The van der Waals surface area contributed by atoms with Gasteiger partial charge in [0.25, 0.3) is 0 Å². The lowest BCUT2D eigenvalue weighted by Crippen LogP contribution is -2.52. The SMILES string of the molecule is COCC(=O)Nc1ccc(N[C@H](C)C(=O)N2[C@H](C)CCC[C@@H]2C)cc1. The van der Waals surface area contributed by atoms with Crippen molar-refractivity contribution in [2.75, 3.05) is 24.4 Å². The van der Waals surface area contributed by atoms with Crippen LogP contribution in [0.25, 0.3) is 0 Å². The zero-order valence-electron chi connectivity index (χ0n) is 15.5. The molecule has 1 aliphatic rings. The maximum absolute atomic E-state index is 12.8. The smallest absolute Gasteiger partial charge is 0.250 e. The number of anilines is 2. The molecule has 0 radical (unpaired) electrons. The van der Waals surface area contributed by atoms with Crippen LogP contribution in [0, 0.1) is 0 Å². The van der Waals surface area contributed by atoms with E-state index in [9.17, 15) is 9.59 Å². The van der Waals surface area contributed by atoms with Gasteiger partial charge in [-0.3, -0.25) is 9.59 Å². The van der Waals surface area contributed by atoms with E-state index in [0.29, 0.717) is 17.8 Å². The average molecular weight is 347 g/mol. The molecule has 2 rings (SSSR count). The number of carbonyl (C=O) groups is 2. The van der Waals surface area contributed by atoms with Crippen molar-refractivity contribution in [3.8, 4) is 0 Å². The normalized spacial score (nSPS) is 21.5. The molecule has 6 nitrogen and oxygen atoms in total. The van der Waals surface area contributed by atoms with E-state index in [2.05, 4.69) is 24.5 Å². The summed E-state index contributed by atoms with van der Waals surface area (Å²) in [6, 6.07) is 7.61. The second-order valence-electron chi connectivity index (χ2n) is 6.80. The van der Waals surface area contributed by atoms with Gasteiger partial charge in [0.2, 0.25) is 11.8 Å². The van der Waals surface area contributed by atoms with Gasteiger partial charge in [-0.2, -0.15) is 0 Å². The number of benzene rings is 1. The van der Waals surface area contributed by atoms with Gasteiger partial charge in [-0.05, 0) is 64.3 Å². The van der Waals surface area contributed by atoms with Crippen molar-refractivity contribution in [3.05, 3.63) is 24.3 Å². The van der Waals surface area contributed by atoms with Crippen LogP contribution >= 0.6 is 0 Å². The summed E-state index contributed by atoms with van der Waals surface area (Å²) in [4.78, 5) is 26.3. The van der Waals surface area contributed by atoms with E-state index in [4.69, 9.17) is 4.74 Å². The number of piperidine rings is 1. The summed E-state index contributed by atoms with van der Waals surface area (Å²) in [5, 5.41) is 6.00. The van der Waals surface area contributed by atoms with E-state index in [0.717, 1.165) is 18.5 Å². The Balaban J connectivity index is 1.94. The fraction of sp³-hybridized carbons (Fsp3) is 0.579. The first-order valence-electron chi connectivity index (χ1n) is 8.90. The van der Waals surface area contributed by atoms with Crippen molar-refractivity contribution < 1.29 is 14.3 Å². The van der Waals surface area contributed by atoms with E-state index < -0.39 is 0 Å². The van der Waals surface area contributed by atoms with Gasteiger partial charge in [0.1, 0.15) is 12.6 Å². The predicted octanol–water partition coefficient (Wildman–Crippen LogP) is 2.86. The Bertz CT molecular complexity index is 578. The summed E-state index contributed by atoms with van der Waals surface area (Å²) in [6.45, 7) is 6.16. The number of carbonyl (C=O) groups excluding carboxylic acids is 2. The van der Waals surface area contributed by atoms with Gasteiger partial charge in [-0.1, -0.05) is 0 Å². The van der Waals surface area contributed by atoms with E-state index in [-0.39, 0.29) is 24.5 Å². The molecule has 0 saturated carbocycles.